The van der Waals surface area contributed by atoms with Crippen molar-refractivity contribution in [3.05, 3.63) is 37.8 Å². The minimum Gasteiger partial charge on any atom is -0.466 e. The summed E-state index contributed by atoms with van der Waals surface area (Å²) in [6.45, 7) is 2.05. The van der Waals surface area contributed by atoms with E-state index in [0.29, 0.717) is 27.5 Å². The van der Waals surface area contributed by atoms with Gasteiger partial charge in [-0.15, -0.1) is 0 Å². The zero-order valence-electron chi connectivity index (χ0n) is 9.61. The molecule has 98 valence electrons. The summed E-state index contributed by atoms with van der Waals surface area (Å²) in [7, 11) is 0. The van der Waals surface area contributed by atoms with Gasteiger partial charge in [-0.1, -0.05) is 15.9 Å². The molecule has 0 aliphatic rings. The van der Waals surface area contributed by atoms with Gasteiger partial charge in [0.2, 0.25) is 0 Å². The topological polar surface area (TPSA) is 69.4 Å². The van der Waals surface area contributed by atoms with Crippen LogP contribution in [0, 0.1) is 10.1 Å². The van der Waals surface area contributed by atoms with E-state index < -0.39 is 4.92 Å². The summed E-state index contributed by atoms with van der Waals surface area (Å²) in [5.41, 5.74) is 1.40. The Hall–Kier alpha value is -0.950. The van der Waals surface area contributed by atoms with Gasteiger partial charge < -0.3 is 4.74 Å². The predicted octanol–water partition coefficient (Wildman–Crippen LogP) is 3.36. The van der Waals surface area contributed by atoms with Gasteiger partial charge >= 0.3 is 5.97 Å². The number of hydrogen-bond donors (Lipinski definition) is 0. The number of nitro groups is 1. The summed E-state index contributed by atoms with van der Waals surface area (Å²) in [4.78, 5) is 21.8. The number of rotatable bonds is 5. The van der Waals surface area contributed by atoms with Crippen LogP contribution in [0.1, 0.15) is 18.1 Å². The van der Waals surface area contributed by atoms with Gasteiger partial charge in [-0.2, -0.15) is 0 Å². The van der Waals surface area contributed by atoms with E-state index in [4.69, 9.17) is 4.74 Å². The average Bonchev–Trinajstić information content (AvgIpc) is 2.29. The maximum atomic E-state index is 11.4. The molecule has 0 amide bonds. The molecule has 0 radical (unpaired) electrons. The van der Waals surface area contributed by atoms with Crippen LogP contribution >= 0.6 is 31.9 Å². The van der Waals surface area contributed by atoms with E-state index in [1.54, 1.807) is 13.0 Å². The third-order valence-corrected chi connectivity index (χ3v) is 3.49. The standard InChI is InChI=1S/C11H11Br2NO4/c1-2-18-11(15)5-7-3-9(13)10(14(16)17)4-8(7)6-12/h3-4H,2,5-6H2,1H3. The fourth-order valence-electron chi connectivity index (χ4n) is 1.44. The maximum Gasteiger partial charge on any atom is 0.310 e. The van der Waals surface area contributed by atoms with E-state index in [1.165, 1.54) is 6.07 Å². The second-order valence-electron chi connectivity index (χ2n) is 3.44. The SMILES string of the molecule is CCOC(=O)Cc1cc(Br)c([N+](=O)[O-])cc1CBr. The summed E-state index contributed by atoms with van der Waals surface area (Å²) in [6.07, 6.45) is 0.103. The highest BCUT2D eigenvalue weighted by atomic mass is 79.9. The molecule has 5 nitrogen and oxygen atoms in total. The van der Waals surface area contributed by atoms with Gasteiger partial charge in [0.05, 0.1) is 22.4 Å². The predicted molar refractivity (Wildman–Crippen MR) is 73.8 cm³/mol. The monoisotopic (exact) mass is 379 g/mol. The number of esters is 1. The maximum absolute atomic E-state index is 11.4. The molecular formula is C11H11Br2NO4. The molecule has 0 aliphatic heterocycles. The Morgan fingerprint density at radius 1 is 1.44 bits per heavy atom. The lowest BCUT2D eigenvalue weighted by molar-refractivity contribution is -0.385. The fourth-order valence-corrected chi connectivity index (χ4v) is 2.50. The molecular weight excluding hydrogens is 370 g/mol. The first kappa shape index (κ1) is 15.1. The van der Waals surface area contributed by atoms with Gasteiger partial charge in [0.15, 0.2) is 0 Å². The first-order valence-electron chi connectivity index (χ1n) is 5.16. The van der Waals surface area contributed by atoms with Gasteiger partial charge in [0, 0.05) is 11.4 Å². The normalized spacial score (nSPS) is 10.2. The quantitative estimate of drug-likeness (QED) is 0.340. The first-order valence-corrected chi connectivity index (χ1v) is 7.08. The van der Waals surface area contributed by atoms with Crippen molar-refractivity contribution in [2.75, 3.05) is 6.61 Å². The number of carbonyl (C=O) groups is 1. The van der Waals surface area contributed by atoms with Gasteiger partial charge in [0.1, 0.15) is 0 Å². The molecule has 18 heavy (non-hydrogen) atoms. The van der Waals surface area contributed by atoms with Crippen LogP contribution in [0.2, 0.25) is 0 Å². The molecule has 1 aromatic carbocycles. The van der Waals surface area contributed by atoms with Crippen LogP contribution in [-0.2, 0) is 21.3 Å². The van der Waals surface area contributed by atoms with E-state index in [9.17, 15) is 14.9 Å². The van der Waals surface area contributed by atoms with Crippen LogP contribution in [0.3, 0.4) is 0 Å². The van der Waals surface area contributed by atoms with Crippen LogP contribution in [0.4, 0.5) is 5.69 Å². The van der Waals surface area contributed by atoms with Crippen LogP contribution in [-0.4, -0.2) is 17.5 Å². The Kier molecular flexibility index (Phi) is 5.74. The number of nitro benzene ring substituents is 1. The van der Waals surface area contributed by atoms with Crippen molar-refractivity contribution in [2.45, 2.75) is 18.7 Å². The van der Waals surface area contributed by atoms with Crippen molar-refractivity contribution in [1.29, 1.82) is 0 Å². The minimum atomic E-state index is -0.468. The lowest BCUT2D eigenvalue weighted by Gasteiger charge is -2.08. The van der Waals surface area contributed by atoms with E-state index in [1.807, 2.05) is 0 Å². The molecule has 0 unspecified atom stereocenters. The average molecular weight is 381 g/mol. The summed E-state index contributed by atoms with van der Waals surface area (Å²) >= 11 is 6.39. The molecule has 0 aliphatic carbocycles. The molecule has 0 N–H and O–H groups in total. The molecule has 0 saturated heterocycles. The molecule has 0 aromatic heterocycles. The highest BCUT2D eigenvalue weighted by Crippen LogP contribution is 2.30. The van der Waals surface area contributed by atoms with E-state index in [0.717, 1.165) is 0 Å². The number of ether oxygens (including phenoxy) is 1. The lowest BCUT2D eigenvalue weighted by atomic mass is 10.1. The molecule has 1 rings (SSSR count). The summed E-state index contributed by atoms with van der Waals surface area (Å²) in [5.74, 6) is -0.347. The number of benzene rings is 1. The van der Waals surface area contributed by atoms with Gasteiger partial charge in [-0.3, -0.25) is 14.9 Å². The second-order valence-corrected chi connectivity index (χ2v) is 4.86. The van der Waals surface area contributed by atoms with Crippen molar-refractivity contribution in [3.8, 4) is 0 Å². The Morgan fingerprint density at radius 3 is 2.61 bits per heavy atom. The molecule has 0 spiro atoms. The zero-order chi connectivity index (χ0) is 13.7. The van der Waals surface area contributed by atoms with Gasteiger partial charge in [0.25, 0.3) is 5.69 Å². The van der Waals surface area contributed by atoms with E-state index in [-0.39, 0.29) is 18.1 Å². The van der Waals surface area contributed by atoms with Crippen LogP contribution in [0.15, 0.2) is 16.6 Å². The molecule has 0 atom stereocenters. The number of alkyl halides is 1. The third-order valence-electron chi connectivity index (χ3n) is 2.25. The van der Waals surface area contributed by atoms with Gasteiger partial charge in [-0.05, 0) is 40.0 Å². The number of carbonyl (C=O) groups excluding carboxylic acids is 1. The van der Waals surface area contributed by atoms with Crippen molar-refractivity contribution >= 4 is 43.5 Å². The second kappa shape index (κ2) is 6.84. The fraction of sp³-hybridized carbons (Fsp3) is 0.364. The van der Waals surface area contributed by atoms with Crippen molar-refractivity contribution in [1.82, 2.24) is 0 Å². The minimum absolute atomic E-state index is 0.0166. The van der Waals surface area contributed by atoms with E-state index >= 15 is 0 Å². The summed E-state index contributed by atoms with van der Waals surface area (Å²) < 4.78 is 5.22. The summed E-state index contributed by atoms with van der Waals surface area (Å²) in [6, 6.07) is 3.04. The molecule has 0 heterocycles. The Morgan fingerprint density at radius 2 is 2.11 bits per heavy atom. The van der Waals surface area contributed by atoms with Crippen molar-refractivity contribution in [3.63, 3.8) is 0 Å². The van der Waals surface area contributed by atoms with Crippen molar-refractivity contribution in [2.24, 2.45) is 0 Å². The van der Waals surface area contributed by atoms with Crippen molar-refractivity contribution < 1.29 is 14.5 Å². The number of nitrogens with zero attached hydrogens (tertiary/aromatic N) is 1. The largest absolute Gasteiger partial charge is 0.466 e. The summed E-state index contributed by atoms with van der Waals surface area (Å²) in [5, 5.41) is 11.2. The molecule has 0 fully saturated rings. The highest BCUT2D eigenvalue weighted by molar-refractivity contribution is 9.10. The smallest absolute Gasteiger partial charge is 0.310 e. The molecule has 0 saturated carbocycles. The third kappa shape index (κ3) is 3.78. The Bertz CT molecular complexity index is 476. The molecule has 7 heteroatoms. The van der Waals surface area contributed by atoms with Crippen LogP contribution in [0.5, 0.6) is 0 Å². The molecule has 0 bridgehead atoms. The zero-order valence-corrected chi connectivity index (χ0v) is 12.8. The van der Waals surface area contributed by atoms with Crippen LogP contribution in [0.25, 0.3) is 0 Å². The first-order chi connectivity index (χ1) is 8.49. The highest BCUT2D eigenvalue weighted by Gasteiger charge is 2.17. The molecule has 1 aromatic rings. The number of hydrogen-bond acceptors (Lipinski definition) is 4. The van der Waals surface area contributed by atoms with Gasteiger partial charge in [-0.25, -0.2) is 0 Å². The Labute approximate surface area is 121 Å². The Balaban J connectivity index is 3.09. The van der Waals surface area contributed by atoms with E-state index in [2.05, 4.69) is 31.9 Å². The lowest BCUT2D eigenvalue weighted by Crippen LogP contribution is -2.09. The van der Waals surface area contributed by atoms with Crippen LogP contribution < -0.4 is 0 Å². The number of halogens is 2.